The molecule has 290 valence electrons. The van der Waals surface area contributed by atoms with Gasteiger partial charge in [-0.15, -0.1) is 5.10 Å². The number of aromatic nitrogens is 3. The van der Waals surface area contributed by atoms with E-state index < -0.39 is 14.4 Å². The SMILES string of the molecule is CC(C)[Si](Oc1ccc(COCc2nnn(CCOC(=O)NCCOCCOCCOCCN=[N+]=[N-])c2C=Cc2ccccc2)cc1)(C(C)C)C(C)C. The summed E-state index contributed by atoms with van der Waals surface area (Å²) in [7, 11) is -2.03. The van der Waals surface area contributed by atoms with Gasteiger partial charge in [-0.05, 0) is 51.5 Å². The van der Waals surface area contributed by atoms with Crippen molar-refractivity contribution < 1.29 is 32.9 Å². The van der Waals surface area contributed by atoms with Crippen LogP contribution in [0.25, 0.3) is 22.6 Å². The molecular weight excluding hydrogens is 695 g/mol. The van der Waals surface area contributed by atoms with Crippen LogP contribution in [0.5, 0.6) is 5.75 Å². The van der Waals surface area contributed by atoms with Crippen molar-refractivity contribution in [1.82, 2.24) is 20.3 Å². The van der Waals surface area contributed by atoms with E-state index in [4.69, 9.17) is 33.6 Å². The Morgan fingerprint density at radius 1 is 0.830 bits per heavy atom. The average Bonchev–Trinajstić information content (AvgIpc) is 3.53. The van der Waals surface area contributed by atoms with Crippen LogP contribution in [0.15, 0.2) is 59.7 Å². The quantitative estimate of drug-likeness (QED) is 0.0283. The van der Waals surface area contributed by atoms with Gasteiger partial charge >= 0.3 is 6.09 Å². The Morgan fingerprint density at radius 3 is 2.11 bits per heavy atom. The van der Waals surface area contributed by atoms with Crippen molar-refractivity contribution in [3.05, 3.63) is 87.6 Å². The molecule has 3 rings (SSSR count). The van der Waals surface area contributed by atoms with Gasteiger partial charge in [-0.25, -0.2) is 9.48 Å². The highest BCUT2D eigenvalue weighted by Gasteiger charge is 2.46. The third-order valence-corrected chi connectivity index (χ3v) is 14.7. The number of alkyl carbamates (subject to hydrolysis) is 1. The zero-order chi connectivity index (χ0) is 38.3. The Bertz CT molecular complexity index is 1520. The molecule has 0 bridgehead atoms. The van der Waals surface area contributed by atoms with Gasteiger partial charge in [-0.2, -0.15) is 0 Å². The van der Waals surface area contributed by atoms with E-state index in [-0.39, 0.29) is 13.2 Å². The number of carbonyl (C=O) groups is 1. The first-order valence-electron chi connectivity index (χ1n) is 18.3. The number of carbonyl (C=O) groups excluding carboxylic acids is 1. The second-order valence-electron chi connectivity index (χ2n) is 13.3. The fourth-order valence-electron chi connectivity index (χ4n) is 6.22. The number of hydrogen-bond acceptors (Lipinski definition) is 10. The summed E-state index contributed by atoms with van der Waals surface area (Å²) in [5, 5.41) is 14.8. The standard InChI is InChI=1S/C38H57N7O7Si/c1-30(2)53(31(3)4,32(5)6)52-35-15-12-34(13-16-35)28-50-29-36-37(17-14-33-10-8-7-9-11-33)45(44-42-36)20-23-51-38(46)40-18-21-47-24-26-49-27-25-48-22-19-41-43-39/h7-17,30-32H,18-29H2,1-6H3,(H,40,46). The van der Waals surface area contributed by atoms with Crippen LogP contribution in [0.3, 0.4) is 0 Å². The average molecular weight is 752 g/mol. The number of ether oxygens (including phenoxy) is 5. The molecule has 1 amide bonds. The second-order valence-corrected chi connectivity index (χ2v) is 18.7. The summed E-state index contributed by atoms with van der Waals surface area (Å²) in [6.45, 7) is 17.7. The summed E-state index contributed by atoms with van der Waals surface area (Å²) in [6.07, 6.45) is 3.40. The molecule has 0 radical (unpaired) electrons. The van der Waals surface area contributed by atoms with Gasteiger partial charge in [0.2, 0.25) is 0 Å². The normalized spacial score (nSPS) is 11.8. The number of amides is 1. The van der Waals surface area contributed by atoms with E-state index in [0.29, 0.717) is 88.2 Å². The lowest BCUT2D eigenvalue weighted by Crippen LogP contribution is -2.50. The highest BCUT2D eigenvalue weighted by atomic mass is 28.4. The van der Waals surface area contributed by atoms with Gasteiger partial charge < -0.3 is 33.4 Å². The third kappa shape index (κ3) is 15.0. The van der Waals surface area contributed by atoms with Crippen molar-refractivity contribution >= 4 is 26.6 Å². The summed E-state index contributed by atoms with van der Waals surface area (Å²) in [6, 6.07) is 18.2. The van der Waals surface area contributed by atoms with Crippen molar-refractivity contribution in [2.24, 2.45) is 5.11 Å². The largest absolute Gasteiger partial charge is 0.543 e. The molecule has 1 N–H and O–H groups in total. The van der Waals surface area contributed by atoms with Crippen molar-refractivity contribution in [2.45, 2.75) is 77.9 Å². The summed E-state index contributed by atoms with van der Waals surface area (Å²) < 4.78 is 36.1. The van der Waals surface area contributed by atoms with Gasteiger partial charge in [0.1, 0.15) is 18.1 Å². The van der Waals surface area contributed by atoms with E-state index in [2.05, 4.69) is 91.5 Å². The van der Waals surface area contributed by atoms with E-state index >= 15 is 0 Å². The van der Waals surface area contributed by atoms with Gasteiger partial charge in [-0.3, -0.25) is 0 Å². The number of benzene rings is 2. The molecular formula is C38H57N7O7Si. The summed E-state index contributed by atoms with van der Waals surface area (Å²) in [5.41, 5.74) is 13.2. The number of nitrogens with one attached hydrogen (secondary N) is 1. The van der Waals surface area contributed by atoms with Gasteiger partial charge in [0, 0.05) is 18.0 Å². The lowest BCUT2D eigenvalue weighted by Gasteiger charge is -2.42. The van der Waals surface area contributed by atoms with Gasteiger partial charge in [-0.1, -0.05) is 100 Å². The van der Waals surface area contributed by atoms with Crippen LogP contribution in [0.2, 0.25) is 16.6 Å². The summed E-state index contributed by atoms with van der Waals surface area (Å²) in [4.78, 5) is 14.9. The fraction of sp³-hybridized carbons (Fsp3) is 0.553. The molecule has 0 aliphatic rings. The molecule has 0 aliphatic heterocycles. The van der Waals surface area contributed by atoms with Crippen LogP contribution in [0.1, 0.15) is 64.1 Å². The number of azide groups is 1. The van der Waals surface area contributed by atoms with Crippen molar-refractivity contribution in [2.75, 3.05) is 59.3 Å². The van der Waals surface area contributed by atoms with E-state index in [0.717, 1.165) is 22.6 Å². The summed E-state index contributed by atoms with van der Waals surface area (Å²) in [5.74, 6) is 0.915. The number of rotatable bonds is 26. The molecule has 3 aromatic rings. The zero-order valence-electron chi connectivity index (χ0n) is 32.1. The molecule has 14 nitrogen and oxygen atoms in total. The minimum absolute atomic E-state index is 0.101. The van der Waals surface area contributed by atoms with E-state index in [1.165, 1.54) is 0 Å². The van der Waals surface area contributed by atoms with Gasteiger partial charge in [0.05, 0.1) is 65.1 Å². The predicted molar refractivity (Wildman–Crippen MR) is 208 cm³/mol. The molecule has 0 saturated heterocycles. The first-order valence-corrected chi connectivity index (χ1v) is 20.5. The molecule has 0 spiro atoms. The maximum Gasteiger partial charge on any atom is 0.407 e. The molecule has 1 aromatic heterocycles. The van der Waals surface area contributed by atoms with E-state index in [1.54, 1.807) is 4.68 Å². The van der Waals surface area contributed by atoms with E-state index in [1.807, 2.05) is 42.5 Å². The minimum Gasteiger partial charge on any atom is -0.543 e. The lowest BCUT2D eigenvalue weighted by atomic mass is 10.2. The van der Waals surface area contributed by atoms with Crippen LogP contribution < -0.4 is 9.74 Å². The fourth-order valence-corrected chi connectivity index (χ4v) is 11.5. The topological polar surface area (TPSA) is 164 Å². The molecule has 0 aliphatic carbocycles. The zero-order valence-corrected chi connectivity index (χ0v) is 33.1. The van der Waals surface area contributed by atoms with Gasteiger partial charge in [0.15, 0.2) is 0 Å². The molecule has 1 heterocycles. The van der Waals surface area contributed by atoms with Crippen molar-refractivity contribution in [1.29, 1.82) is 0 Å². The molecule has 53 heavy (non-hydrogen) atoms. The van der Waals surface area contributed by atoms with Gasteiger partial charge in [0.25, 0.3) is 8.32 Å². The lowest BCUT2D eigenvalue weighted by molar-refractivity contribution is 0.0165. The van der Waals surface area contributed by atoms with Crippen LogP contribution in [-0.4, -0.2) is 88.7 Å². The molecule has 0 unspecified atom stereocenters. The Labute approximate surface area is 314 Å². The Kier molecular flexibility index (Phi) is 19.7. The third-order valence-electron chi connectivity index (χ3n) is 8.71. The van der Waals surface area contributed by atoms with Crippen LogP contribution >= 0.6 is 0 Å². The Morgan fingerprint density at radius 2 is 1.47 bits per heavy atom. The molecule has 0 fully saturated rings. The Hall–Kier alpha value is -4.24. The van der Waals surface area contributed by atoms with Crippen LogP contribution in [0.4, 0.5) is 4.79 Å². The minimum atomic E-state index is -2.03. The first-order chi connectivity index (χ1) is 25.7. The molecule has 0 saturated carbocycles. The summed E-state index contributed by atoms with van der Waals surface area (Å²) >= 11 is 0. The van der Waals surface area contributed by atoms with Crippen molar-refractivity contribution in [3.63, 3.8) is 0 Å². The molecule has 0 atom stereocenters. The Balaban J connectivity index is 1.45. The second kappa shape index (κ2) is 24.1. The molecule has 15 heteroatoms. The number of nitrogens with zero attached hydrogens (tertiary/aromatic N) is 6. The highest BCUT2D eigenvalue weighted by molar-refractivity contribution is 6.78. The van der Waals surface area contributed by atoms with Crippen LogP contribution in [0, 0.1) is 0 Å². The van der Waals surface area contributed by atoms with Crippen molar-refractivity contribution in [3.8, 4) is 5.75 Å². The maximum atomic E-state index is 12.3. The predicted octanol–water partition coefficient (Wildman–Crippen LogP) is 7.81. The first kappa shape index (κ1) is 43.2. The monoisotopic (exact) mass is 751 g/mol. The highest BCUT2D eigenvalue weighted by Crippen LogP contribution is 2.42. The number of hydrogen-bond donors (Lipinski definition) is 1. The maximum absolute atomic E-state index is 12.3. The smallest absolute Gasteiger partial charge is 0.407 e. The van der Waals surface area contributed by atoms with Crippen LogP contribution in [-0.2, 0) is 43.4 Å². The molecule has 2 aromatic carbocycles. The van der Waals surface area contributed by atoms with E-state index in [9.17, 15) is 4.79 Å².